The Balaban J connectivity index is 0.00000200. The lowest BCUT2D eigenvalue weighted by Crippen LogP contribution is -2.49. The fourth-order valence-electron chi connectivity index (χ4n) is 5.06. The van der Waals surface area contributed by atoms with E-state index in [2.05, 4.69) is 36.7 Å². The number of carbonyl (C=O) groups is 4. The van der Waals surface area contributed by atoms with Crippen LogP contribution < -0.4 is 25.6 Å². The quantitative estimate of drug-likeness (QED) is 0.551. The number of amides is 5. The first kappa shape index (κ1) is 23.8. The Bertz CT molecular complexity index is 1280. The third-order valence-corrected chi connectivity index (χ3v) is 6.91. The van der Waals surface area contributed by atoms with E-state index in [-0.39, 0.29) is 32.5 Å². The van der Waals surface area contributed by atoms with Gasteiger partial charge in [-0.15, -0.1) is 0 Å². The first-order valence-corrected chi connectivity index (χ1v) is 12.2. The number of anilines is 2. The SMILES string of the molecule is CC(C)(C)CCC1Oc2ccccc2N(CC(=O)Nc2ccc3c(c2)CC2(C3)NC(=O)NC2=O)C1=O.[HH].[HH]. The lowest BCUT2D eigenvalue weighted by atomic mass is 9.89. The van der Waals surface area contributed by atoms with Gasteiger partial charge < -0.3 is 15.4 Å². The van der Waals surface area contributed by atoms with Gasteiger partial charge in [0.15, 0.2) is 6.10 Å². The van der Waals surface area contributed by atoms with Gasteiger partial charge in [-0.25, -0.2) is 4.79 Å². The van der Waals surface area contributed by atoms with E-state index in [1.807, 2.05) is 30.3 Å². The van der Waals surface area contributed by atoms with Crippen molar-refractivity contribution in [1.82, 2.24) is 10.6 Å². The zero-order valence-electron chi connectivity index (χ0n) is 20.6. The maximum atomic E-state index is 13.3. The molecule has 3 aliphatic rings. The normalized spacial score (nSPS) is 22.6. The van der Waals surface area contributed by atoms with E-state index < -0.39 is 17.7 Å². The molecule has 1 spiro atoms. The molecule has 0 bridgehead atoms. The lowest BCUT2D eigenvalue weighted by Gasteiger charge is -2.35. The second-order valence-electron chi connectivity index (χ2n) is 11.0. The van der Waals surface area contributed by atoms with Crippen LogP contribution in [0.4, 0.5) is 16.2 Å². The smallest absolute Gasteiger partial charge is 0.322 e. The number of hydrogen-bond acceptors (Lipinski definition) is 5. The molecule has 2 unspecified atom stereocenters. The maximum absolute atomic E-state index is 13.3. The molecule has 2 atom stereocenters. The summed E-state index contributed by atoms with van der Waals surface area (Å²) in [7, 11) is 0. The molecule has 192 valence electrons. The van der Waals surface area contributed by atoms with Crippen molar-refractivity contribution in [3.63, 3.8) is 0 Å². The molecule has 2 aromatic rings. The van der Waals surface area contributed by atoms with Gasteiger partial charge in [-0.3, -0.25) is 24.6 Å². The summed E-state index contributed by atoms with van der Waals surface area (Å²) in [6.07, 6.45) is 1.49. The standard InChI is InChI=1S/C27H30N4O5.2H2/c1-26(2,3)11-10-21-23(33)31(19-6-4-5-7-20(19)36-21)15-22(32)28-18-9-8-16-13-27(14-17(16)12-18)24(34)29-25(35)30-27;;/h4-9,12,21H,10-11,13-15H2,1-3H3,(H,28,32)(H2,29,30,34,35);2*1H. The highest BCUT2D eigenvalue weighted by Gasteiger charge is 2.50. The summed E-state index contributed by atoms with van der Waals surface area (Å²) in [5.41, 5.74) is 2.07. The molecule has 2 aliphatic heterocycles. The molecule has 0 radical (unpaired) electrons. The number of imide groups is 1. The van der Waals surface area contributed by atoms with Gasteiger partial charge in [0.2, 0.25) is 5.91 Å². The van der Waals surface area contributed by atoms with Crippen LogP contribution in [0.3, 0.4) is 0 Å². The molecule has 1 fully saturated rings. The van der Waals surface area contributed by atoms with Crippen LogP contribution in [0.1, 0.15) is 47.6 Å². The number of fused-ring (bicyclic) bond motifs is 2. The number of rotatable bonds is 5. The summed E-state index contributed by atoms with van der Waals surface area (Å²) < 4.78 is 6.00. The van der Waals surface area contributed by atoms with Crippen molar-refractivity contribution < 1.29 is 26.8 Å². The van der Waals surface area contributed by atoms with Crippen LogP contribution >= 0.6 is 0 Å². The molecular weight excluding hydrogens is 460 g/mol. The minimum atomic E-state index is -0.964. The molecule has 36 heavy (non-hydrogen) atoms. The van der Waals surface area contributed by atoms with Crippen LogP contribution in [-0.4, -0.2) is 41.9 Å². The minimum Gasteiger partial charge on any atom is -0.478 e. The fourth-order valence-corrected chi connectivity index (χ4v) is 5.06. The van der Waals surface area contributed by atoms with E-state index in [1.54, 1.807) is 12.1 Å². The first-order valence-electron chi connectivity index (χ1n) is 12.2. The molecule has 1 aliphatic carbocycles. The Morgan fingerprint density at radius 1 is 1.14 bits per heavy atom. The average molecular weight is 495 g/mol. The van der Waals surface area contributed by atoms with Gasteiger partial charge in [0.05, 0.1) is 5.69 Å². The van der Waals surface area contributed by atoms with Crippen LogP contribution in [-0.2, 0) is 27.2 Å². The van der Waals surface area contributed by atoms with Gasteiger partial charge in [-0.05, 0) is 53.6 Å². The van der Waals surface area contributed by atoms with E-state index in [0.29, 0.717) is 36.4 Å². The van der Waals surface area contributed by atoms with Crippen molar-refractivity contribution in [3.8, 4) is 5.75 Å². The van der Waals surface area contributed by atoms with E-state index in [0.717, 1.165) is 17.5 Å². The first-order chi connectivity index (χ1) is 17.0. The second kappa shape index (κ2) is 8.65. The molecule has 1 saturated heterocycles. The predicted octanol–water partition coefficient (Wildman–Crippen LogP) is 3.41. The zero-order chi connectivity index (χ0) is 25.7. The Morgan fingerprint density at radius 2 is 1.89 bits per heavy atom. The number of urea groups is 1. The summed E-state index contributed by atoms with van der Waals surface area (Å²) in [6, 6.07) is 12.2. The zero-order valence-corrected chi connectivity index (χ0v) is 20.6. The van der Waals surface area contributed by atoms with E-state index >= 15 is 0 Å². The summed E-state index contributed by atoms with van der Waals surface area (Å²) in [5.74, 6) is -0.315. The Hall–Kier alpha value is -3.88. The van der Waals surface area contributed by atoms with Crippen molar-refractivity contribution in [2.24, 2.45) is 5.41 Å². The van der Waals surface area contributed by atoms with Gasteiger partial charge in [0.25, 0.3) is 11.8 Å². The number of para-hydroxylation sites is 2. The number of carbonyl (C=O) groups excluding carboxylic acids is 4. The van der Waals surface area contributed by atoms with Gasteiger partial charge in [-0.2, -0.15) is 0 Å². The topological polar surface area (TPSA) is 117 Å². The van der Waals surface area contributed by atoms with Crippen LogP contribution in [0.25, 0.3) is 0 Å². The summed E-state index contributed by atoms with van der Waals surface area (Å²) in [5, 5.41) is 7.92. The van der Waals surface area contributed by atoms with Gasteiger partial charge in [-0.1, -0.05) is 39.0 Å². The number of benzene rings is 2. The van der Waals surface area contributed by atoms with E-state index in [9.17, 15) is 19.2 Å². The fraction of sp³-hybridized carbons (Fsp3) is 0.407. The Kier molecular flexibility index (Phi) is 5.73. The second-order valence-corrected chi connectivity index (χ2v) is 11.0. The van der Waals surface area contributed by atoms with Gasteiger partial charge >= 0.3 is 6.03 Å². The lowest BCUT2D eigenvalue weighted by molar-refractivity contribution is -0.128. The summed E-state index contributed by atoms with van der Waals surface area (Å²) in [4.78, 5) is 51.8. The Morgan fingerprint density at radius 3 is 2.61 bits per heavy atom. The van der Waals surface area contributed by atoms with Crippen molar-refractivity contribution >= 4 is 35.1 Å². The predicted molar refractivity (Wildman–Crippen MR) is 138 cm³/mol. The third kappa shape index (κ3) is 4.53. The average Bonchev–Trinajstić information content (AvgIpc) is 3.30. The number of nitrogens with one attached hydrogen (secondary N) is 3. The molecule has 0 saturated carbocycles. The molecule has 2 heterocycles. The van der Waals surface area contributed by atoms with Crippen LogP contribution in [0.5, 0.6) is 5.75 Å². The molecule has 9 nitrogen and oxygen atoms in total. The van der Waals surface area contributed by atoms with Gasteiger partial charge in [0.1, 0.15) is 17.8 Å². The van der Waals surface area contributed by atoms with Crippen LogP contribution in [0.15, 0.2) is 42.5 Å². The van der Waals surface area contributed by atoms with Crippen LogP contribution in [0.2, 0.25) is 0 Å². The highest BCUT2D eigenvalue weighted by molar-refractivity contribution is 6.08. The molecule has 0 aromatic heterocycles. The highest BCUT2D eigenvalue weighted by Crippen LogP contribution is 2.36. The summed E-state index contributed by atoms with van der Waals surface area (Å²) in [6.45, 7) is 6.20. The molecule has 5 amide bonds. The van der Waals surface area contributed by atoms with E-state index in [1.165, 1.54) is 4.90 Å². The van der Waals surface area contributed by atoms with Crippen molar-refractivity contribution in [2.75, 3.05) is 16.8 Å². The largest absolute Gasteiger partial charge is 0.478 e. The van der Waals surface area contributed by atoms with Crippen molar-refractivity contribution in [2.45, 2.75) is 58.1 Å². The number of ether oxygens (including phenoxy) is 1. The number of nitrogens with zero attached hydrogens (tertiary/aromatic N) is 1. The van der Waals surface area contributed by atoms with Crippen molar-refractivity contribution in [3.05, 3.63) is 53.6 Å². The molecule has 9 heteroatoms. The highest BCUT2D eigenvalue weighted by atomic mass is 16.5. The third-order valence-electron chi connectivity index (χ3n) is 6.91. The molecule has 5 rings (SSSR count). The van der Waals surface area contributed by atoms with E-state index in [4.69, 9.17) is 4.74 Å². The molecule has 3 N–H and O–H groups in total. The maximum Gasteiger partial charge on any atom is 0.322 e. The van der Waals surface area contributed by atoms with Crippen molar-refractivity contribution in [1.29, 1.82) is 0 Å². The molecular formula is C27H34N4O5. The minimum absolute atomic E-state index is 0. The van der Waals surface area contributed by atoms with Gasteiger partial charge in [0, 0.05) is 21.4 Å². The van der Waals surface area contributed by atoms with Crippen LogP contribution in [0, 0.1) is 5.41 Å². The summed E-state index contributed by atoms with van der Waals surface area (Å²) >= 11 is 0. The molecule has 2 aromatic carbocycles. The Labute approximate surface area is 212 Å². The monoisotopic (exact) mass is 494 g/mol. The number of hydrogen-bond donors (Lipinski definition) is 3.